The quantitative estimate of drug-likeness (QED) is 0.534. The molecule has 72 valence electrons. The SMILES string of the molecule is C=C(CCl)Cn1ccn(CC)c1=O. The maximum Gasteiger partial charge on any atom is 0.328 e. The zero-order chi connectivity index (χ0) is 9.84. The van der Waals surface area contributed by atoms with Crippen LogP contribution in [0.1, 0.15) is 6.92 Å². The Kier molecular flexibility index (Phi) is 3.37. The number of alkyl halides is 1. The molecule has 0 aromatic carbocycles. The van der Waals surface area contributed by atoms with Crippen LogP contribution >= 0.6 is 11.6 Å². The number of imidazole rings is 1. The van der Waals surface area contributed by atoms with Crippen LogP contribution < -0.4 is 5.69 Å². The van der Waals surface area contributed by atoms with E-state index in [-0.39, 0.29) is 5.69 Å². The molecule has 3 nitrogen and oxygen atoms in total. The molecule has 0 amide bonds. The Balaban J connectivity index is 2.84. The van der Waals surface area contributed by atoms with Gasteiger partial charge in [-0.15, -0.1) is 11.6 Å². The van der Waals surface area contributed by atoms with E-state index in [1.54, 1.807) is 21.5 Å². The molecule has 0 fully saturated rings. The van der Waals surface area contributed by atoms with E-state index in [4.69, 9.17) is 11.6 Å². The standard InChI is InChI=1S/C9H13ClN2O/c1-3-11-4-5-12(9(11)13)7-8(2)6-10/h4-5H,2-3,6-7H2,1H3. The summed E-state index contributed by atoms with van der Waals surface area (Å²) in [6.45, 7) is 6.88. The van der Waals surface area contributed by atoms with Crippen LogP contribution in [0.25, 0.3) is 0 Å². The molecule has 13 heavy (non-hydrogen) atoms. The van der Waals surface area contributed by atoms with Gasteiger partial charge < -0.3 is 0 Å². The lowest BCUT2D eigenvalue weighted by molar-refractivity contribution is 0.665. The van der Waals surface area contributed by atoms with Crippen LogP contribution in [0.5, 0.6) is 0 Å². The van der Waals surface area contributed by atoms with Gasteiger partial charge in [0.05, 0.1) is 0 Å². The van der Waals surface area contributed by atoms with Crippen molar-refractivity contribution >= 4 is 11.6 Å². The third kappa shape index (κ3) is 2.25. The van der Waals surface area contributed by atoms with E-state index in [1.807, 2.05) is 6.92 Å². The Morgan fingerprint density at radius 3 is 2.62 bits per heavy atom. The highest BCUT2D eigenvalue weighted by Crippen LogP contribution is 1.97. The number of hydrogen-bond donors (Lipinski definition) is 0. The summed E-state index contributed by atoms with van der Waals surface area (Å²) in [6, 6.07) is 0. The molecular formula is C9H13ClN2O. The second-order valence-electron chi connectivity index (χ2n) is 2.88. The van der Waals surface area contributed by atoms with Crippen LogP contribution in [-0.2, 0) is 13.1 Å². The highest BCUT2D eigenvalue weighted by atomic mass is 35.5. The Bertz CT molecular complexity index is 351. The highest BCUT2D eigenvalue weighted by Gasteiger charge is 2.01. The Labute approximate surface area is 82.2 Å². The normalized spacial score (nSPS) is 10.3. The molecule has 4 heteroatoms. The van der Waals surface area contributed by atoms with Crippen molar-refractivity contribution in [3.05, 3.63) is 35.0 Å². The maximum atomic E-state index is 11.5. The number of allylic oxidation sites excluding steroid dienone is 1. The average Bonchev–Trinajstić information content (AvgIpc) is 2.48. The van der Waals surface area contributed by atoms with Gasteiger partial charge in [0.2, 0.25) is 0 Å². The zero-order valence-corrected chi connectivity index (χ0v) is 8.42. The van der Waals surface area contributed by atoms with Crippen molar-refractivity contribution in [2.45, 2.75) is 20.0 Å². The molecule has 1 aromatic rings. The Morgan fingerprint density at radius 1 is 1.54 bits per heavy atom. The van der Waals surface area contributed by atoms with Crippen LogP contribution in [0.2, 0.25) is 0 Å². The van der Waals surface area contributed by atoms with E-state index in [9.17, 15) is 4.79 Å². The van der Waals surface area contributed by atoms with Crippen molar-refractivity contribution < 1.29 is 0 Å². The summed E-state index contributed by atoms with van der Waals surface area (Å²) in [5, 5.41) is 0. The van der Waals surface area contributed by atoms with Gasteiger partial charge in [0.25, 0.3) is 0 Å². The topological polar surface area (TPSA) is 26.9 Å². The first-order valence-electron chi connectivity index (χ1n) is 4.17. The van der Waals surface area contributed by atoms with Crippen molar-refractivity contribution in [1.82, 2.24) is 9.13 Å². The van der Waals surface area contributed by atoms with Gasteiger partial charge in [-0.3, -0.25) is 9.13 Å². The van der Waals surface area contributed by atoms with Crippen LogP contribution in [0.4, 0.5) is 0 Å². The van der Waals surface area contributed by atoms with Crippen LogP contribution in [0.15, 0.2) is 29.3 Å². The monoisotopic (exact) mass is 200 g/mol. The Hall–Kier alpha value is -0.960. The van der Waals surface area contributed by atoms with E-state index in [1.165, 1.54) is 0 Å². The van der Waals surface area contributed by atoms with Crippen molar-refractivity contribution in [2.75, 3.05) is 5.88 Å². The van der Waals surface area contributed by atoms with E-state index in [0.29, 0.717) is 19.0 Å². The molecule has 1 rings (SSSR count). The molecule has 0 bridgehead atoms. The molecule has 0 aliphatic rings. The molecule has 0 N–H and O–H groups in total. The first-order chi connectivity index (χ1) is 6.19. The van der Waals surface area contributed by atoms with Gasteiger partial charge >= 0.3 is 5.69 Å². The minimum atomic E-state index is -0.00577. The summed E-state index contributed by atoms with van der Waals surface area (Å²) in [4.78, 5) is 11.5. The average molecular weight is 201 g/mol. The molecular weight excluding hydrogens is 188 g/mol. The highest BCUT2D eigenvalue weighted by molar-refractivity contribution is 6.19. The fourth-order valence-electron chi connectivity index (χ4n) is 1.10. The van der Waals surface area contributed by atoms with E-state index < -0.39 is 0 Å². The number of rotatable bonds is 4. The minimum Gasteiger partial charge on any atom is -0.300 e. The second kappa shape index (κ2) is 4.33. The molecule has 0 atom stereocenters. The van der Waals surface area contributed by atoms with Crippen molar-refractivity contribution in [3.63, 3.8) is 0 Å². The van der Waals surface area contributed by atoms with Crippen LogP contribution in [0.3, 0.4) is 0 Å². The number of aryl methyl sites for hydroxylation is 1. The summed E-state index contributed by atoms with van der Waals surface area (Å²) < 4.78 is 3.25. The predicted octanol–water partition coefficient (Wildman–Crippen LogP) is 1.46. The first kappa shape index (κ1) is 10.1. The van der Waals surface area contributed by atoms with Crippen LogP contribution in [-0.4, -0.2) is 15.0 Å². The molecule has 0 saturated carbocycles. The summed E-state index contributed by atoms with van der Waals surface area (Å²) in [5.74, 6) is 0.393. The van der Waals surface area contributed by atoms with Gasteiger partial charge in [0, 0.05) is 31.4 Å². The third-order valence-corrected chi connectivity index (χ3v) is 2.22. The van der Waals surface area contributed by atoms with Crippen molar-refractivity contribution in [2.24, 2.45) is 0 Å². The van der Waals surface area contributed by atoms with E-state index in [0.717, 1.165) is 5.57 Å². The van der Waals surface area contributed by atoms with Crippen molar-refractivity contribution in [3.8, 4) is 0 Å². The molecule has 0 spiro atoms. The minimum absolute atomic E-state index is 0.00577. The largest absolute Gasteiger partial charge is 0.328 e. The van der Waals surface area contributed by atoms with Gasteiger partial charge in [-0.05, 0) is 12.5 Å². The lowest BCUT2D eigenvalue weighted by atomic mass is 10.3. The molecule has 1 heterocycles. The number of aromatic nitrogens is 2. The molecule has 0 aliphatic heterocycles. The second-order valence-corrected chi connectivity index (χ2v) is 3.15. The van der Waals surface area contributed by atoms with E-state index >= 15 is 0 Å². The van der Waals surface area contributed by atoms with E-state index in [2.05, 4.69) is 6.58 Å². The first-order valence-corrected chi connectivity index (χ1v) is 4.70. The van der Waals surface area contributed by atoms with Gasteiger partial charge in [-0.2, -0.15) is 0 Å². The Morgan fingerprint density at radius 2 is 2.15 bits per heavy atom. The molecule has 0 saturated heterocycles. The zero-order valence-electron chi connectivity index (χ0n) is 7.66. The number of halogens is 1. The summed E-state index contributed by atoms with van der Waals surface area (Å²) in [6.07, 6.45) is 3.52. The van der Waals surface area contributed by atoms with Gasteiger partial charge in [0.15, 0.2) is 0 Å². The lowest BCUT2D eigenvalue weighted by Crippen LogP contribution is -2.24. The third-order valence-electron chi connectivity index (χ3n) is 1.84. The lowest BCUT2D eigenvalue weighted by Gasteiger charge is -2.01. The summed E-state index contributed by atoms with van der Waals surface area (Å²) >= 11 is 5.57. The maximum absolute atomic E-state index is 11.5. The molecule has 0 radical (unpaired) electrons. The predicted molar refractivity (Wildman–Crippen MR) is 54.2 cm³/mol. The molecule has 0 aliphatic carbocycles. The summed E-state index contributed by atoms with van der Waals surface area (Å²) in [5.41, 5.74) is 0.839. The molecule has 1 aromatic heterocycles. The fraction of sp³-hybridized carbons (Fsp3) is 0.444. The number of nitrogens with zero attached hydrogens (tertiary/aromatic N) is 2. The summed E-state index contributed by atoms with van der Waals surface area (Å²) in [7, 11) is 0. The van der Waals surface area contributed by atoms with Gasteiger partial charge in [0.1, 0.15) is 0 Å². The number of hydrogen-bond acceptors (Lipinski definition) is 1. The fourth-order valence-corrected chi connectivity index (χ4v) is 1.18. The molecule has 0 unspecified atom stereocenters. The van der Waals surface area contributed by atoms with Crippen LogP contribution in [0, 0.1) is 0 Å². The van der Waals surface area contributed by atoms with Gasteiger partial charge in [-0.1, -0.05) is 6.58 Å². The van der Waals surface area contributed by atoms with Crippen molar-refractivity contribution in [1.29, 1.82) is 0 Å². The smallest absolute Gasteiger partial charge is 0.300 e. The van der Waals surface area contributed by atoms with Gasteiger partial charge in [-0.25, -0.2) is 4.79 Å².